The van der Waals surface area contributed by atoms with Gasteiger partial charge in [0.25, 0.3) is 0 Å². The highest BCUT2D eigenvalue weighted by molar-refractivity contribution is 4.98. The minimum Gasteiger partial charge on any atom is -0.323 e. The maximum Gasteiger partial charge on any atom is 0.0751 e. The van der Waals surface area contributed by atoms with Crippen molar-refractivity contribution >= 4 is 0 Å². The molecule has 0 saturated heterocycles. The fraction of sp³-hybridized carbons (Fsp3) is 0.667. The summed E-state index contributed by atoms with van der Waals surface area (Å²) in [6, 6.07) is 0.0231. The van der Waals surface area contributed by atoms with E-state index in [2.05, 4.69) is 10.3 Å². The topological polar surface area (TPSA) is 56.7 Å². The molecule has 1 aromatic heterocycles. The minimum absolute atomic E-state index is 0.0231. The van der Waals surface area contributed by atoms with Crippen molar-refractivity contribution in [2.24, 2.45) is 5.73 Å². The van der Waals surface area contributed by atoms with Gasteiger partial charge in [-0.05, 0) is 13.8 Å². The summed E-state index contributed by atoms with van der Waals surface area (Å²) in [4.78, 5) is 0. The smallest absolute Gasteiger partial charge is 0.0751 e. The van der Waals surface area contributed by atoms with Crippen LogP contribution in [0.1, 0.15) is 25.6 Å². The van der Waals surface area contributed by atoms with Crippen LogP contribution in [0.5, 0.6) is 0 Å². The molecule has 0 aliphatic heterocycles. The molecule has 56 valence electrons. The molecular weight excluding hydrogens is 128 g/mol. The van der Waals surface area contributed by atoms with Crippen molar-refractivity contribution in [1.82, 2.24) is 15.0 Å². The molecule has 0 radical (unpaired) electrons. The summed E-state index contributed by atoms with van der Waals surface area (Å²) in [5, 5.41) is 7.59. The molecule has 0 saturated carbocycles. The number of aromatic nitrogens is 3. The summed E-state index contributed by atoms with van der Waals surface area (Å²) in [5.41, 5.74) is 6.62. The number of rotatable bonds is 2. The van der Waals surface area contributed by atoms with E-state index in [-0.39, 0.29) is 6.04 Å². The van der Waals surface area contributed by atoms with Gasteiger partial charge in [-0.15, -0.1) is 5.10 Å². The zero-order valence-corrected chi connectivity index (χ0v) is 6.28. The van der Waals surface area contributed by atoms with E-state index < -0.39 is 0 Å². The lowest BCUT2D eigenvalue weighted by Crippen LogP contribution is -2.12. The Balaban J connectivity index is 2.90. The second-order valence-electron chi connectivity index (χ2n) is 2.26. The average Bonchev–Trinajstić information content (AvgIpc) is 2.33. The molecule has 0 unspecified atom stereocenters. The van der Waals surface area contributed by atoms with Crippen molar-refractivity contribution in [3.05, 3.63) is 11.9 Å². The molecule has 1 heterocycles. The Hall–Kier alpha value is -0.900. The summed E-state index contributed by atoms with van der Waals surface area (Å²) in [6.45, 7) is 4.77. The second-order valence-corrected chi connectivity index (χ2v) is 2.26. The first-order valence-electron chi connectivity index (χ1n) is 3.39. The SMILES string of the molecule is CCn1nncc1[C@@H](C)N. The molecular formula is C6H12N4. The van der Waals surface area contributed by atoms with Crippen LogP contribution in [-0.2, 0) is 6.54 Å². The molecule has 1 aromatic rings. The average molecular weight is 140 g/mol. The van der Waals surface area contributed by atoms with Crippen molar-refractivity contribution in [2.45, 2.75) is 26.4 Å². The zero-order valence-electron chi connectivity index (χ0n) is 6.28. The highest BCUT2D eigenvalue weighted by Crippen LogP contribution is 2.05. The number of hydrogen-bond donors (Lipinski definition) is 1. The lowest BCUT2D eigenvalue weighted by atomic mass is 10.3. The van der Waals surface area contributed by atoms with E-state index in [0.29, 0.717) is 0 Å². The third-order valence-electron chi connectivity index (χ3n) is 1.41. The summed E-state index contributed by atoms with van der Waals surface area (Å²) >= 11 is 0. The standard InChI is InChI=1S/C6H12N4/c1-3-10-6(5(2)7)4-8-9-10/h4-5H,3,7H2,1-2H3/t5-/m1/s1. The van der Waals surface area contributed by atoms with Crippen LogP contribution in [0.25, 0.3) is 0 Å². The number of nitrogens with two attached hydrogens (primary N) is 1. The summed E-state index contributed by atoms with van der Waals surface area (Å²) < 4.78 is 1.80. The summed E-state index contributed by atoms with van der Waals surface area (Å²) in [7, 11) is 0. The zero-order chi connectivity index (χ0) is 7.56. The van der Waals surface area contributed by atoms with E-state index in [0.717, 1.165) is 12.2 Å². The second kappa shape index (κ2) is 2.79. The van der Waals surface area contributed by atoms with Crippen LogP contribution in [0.3, 0.4) is 0 Å². The molecule has 4 nitrogen and oxygen atoms in total. The molecule has 10 heavy (non-hydrogen) atoms. The van der Waals surface area contributed by atoms with Crippen LogP contribution in [0.15, 0.2) is 6.20 Å². The van der Waals surface area contributed by atoms with Crippen LogP contribution in [0.4, 0.5) is 0 Å². The lowest BCUT2D eigenvalue weighted by molar-refractivity contribution is 0.573. The van der Waals surface area contributed by atoms with Gasteiger partial charge in [0, 0.05) is 12.6 Å². The van der Waals surface area contributed by atoms with Crippen LogP contribution in [-0.4, -0.2) is 15.0 Å². The molecule has 1 atom stereocenters. The molecule has 0 amide bonds. The van der Waals surface area contributed by atoms with Gasteiger partial charge in [-0.2, -0.15) is 0 Å². The van der Waals surface area contributed by atoms with Crippen LogP contribution in [0, 0.1) is 0 Å². The van der Waals surface area contributed by atoms with E-state index in [4.69, 9.17) is 5.73 Å². The Kier molecular flexibility index (Phi) is 2.01. The van der Waals surface area contributed by atoms with Crippen LogP contribution in [0.2, 0.25) is 0 Å². The molecule has 0 spiro atoms. The first kappa shape index (κ1) is 7.21. The Morgan fingerprint density at radius 1 is 1.80 bits per heavy atom. The molecule has 0 aliphatic rings. The van der Waals surface area contributed by atoms with E-state index >= 15 is 0 Å². The fourth-order valence-corrected chi connectivity index (χ4v) is 0.864. The van der Waals surface area contributed by atoms with Gasteiger partial charge in [-0.25, -0.2) is 4.68 Å². The predicted octanol–water partition coefficient (Wildman–Crippen LogP) is 0.318. The quantitative estimate of drug-likeness (QED) is 0.643. The molecule has 0 aliphatic carbocycles. The number of aryl methyl sites for hydroxylation is 1. The molecule has 2 N–H and O–H groups in total. The van der Waals surface area contributed by atoms with E-state index in [9.17, 15) is 0 Å². The fourth-order valence-electron chi connectivity index (χ4n) is 0.864. The van der Waals surface area contributed by atoms with Gasteiger partial charge < -0.3 is 5.73 Å². The van der Waals surface area contributed by atoms with Crippen molar-refractivity contribution in [1.29, 1.82) is 0 Å². The van der Waals surface area contributed by atoms with E-state index in [1.54, 1.807) is 10.9 Å². The van der Waals surface area contributed by atoms with Gasteiger partial charge in [0.1, 0.15) is 0 Å². The van der Waals surface area contributed by atoms with Crippen LogP contribution >= 0.6 is 0 Å². The maximum absolute atomic E-state index is 5.63. The monoisotopic (exact) mass is 140 g/mol. The van der Waals surface area contributed by atoms with Crippen molar-refractivity contribution in [2.75, 3.05) is 0 Å². The van der Waals surface area contributed by atoms with Crippen molar-refractivity contribution < 1.29 is 0 Å². The third-order valence-corrected chi connectivity index (χ3v) is 1.41. The van der Waals surface area contributed by atoms with Gasteiger partial charge in [-0.3, -0.25) is 0 Å². The minimum atomic E-state index is 0.0231. The first-order valence-corrected chi connectivity index (χ1v) is 3.39. The Morgan fingerprint density at radius 3 is 2.90 bits per heavy atom. The molecule has 0 fully saturated rings. The Morgan fingerprint density at radius 2 is 2.50 bits per heavy atom. The predicted molar refractivity (Wildman–Crippen MR) is 38.3 cm³/mol. The van der Waals surface area contributed by atoms with Crippen molar-refractivity contribution in [3.8, 4) is 0 Å². The summed E-state index contributed by atoms with van der Waals surface area (Å²) in [5.74, 6) is 0. The largest absolute Gasteiger partial charge is 0.323 e. The van der Waals surface area contributed by atoms with Crippen molar-refractivity contribution in [3.63, 3.8) is 0 Å². The molecule has 0 bridgehead atoms. The maximum atomic E-state index is 5.63. The van der Waals surface area contributed by atoms with Gasteiger partial charge in [0.2, 0.25) is 0 Å². The molecule has 1 rings (SSSR count). The van der Waals surface area contributed by atoms with Gasteiger partial charge >= 0.3 is 0 Å². The number of nitrogens with zero attached hydrogens (tertiary/aromatic N) is 3. The van der Waals surface area contributed by atoms with E-state index in [1.165, 1.54) is 0 Å². The van der Waals surface area contributed by atoms with E-state index in [1.807, 2.05) is 13.8 Å². The lowest BCUT2D eigenvalue weighted by Gasteiger charge is -2.04. The normalized spacial score (nSPS) is 13.5. The highest BCUT2D eigenvalue weighted by atomic mass is 15.4. The Bertz CT molecular complexity index is 203. The highest BCUT2D eigenvalue weighted by Gasteiger charge is 2.04. The molecule has 4 heteroatoms. The van der Waals surface area contributed by atoms with Gasteiger partial charge in [0.15, 0.2) is 0 Å². The molecule has 0 aromatic carbocycles. The number of hydrogen-bond acceptors (Lipinski definition) is 3. The third kappa shape index (κ3) is 1.16. The Labute approximate surface area is 60.0 Å². The van der Waals surface area contributed by atoms with Gasteiger partial charge in [-0.1, -0.05) is 5.21 Å². The summed E-state index contributed by atoms with van der Waals surface area (Å²) in [6.07, 6.45) is 1.70. The van der Waals surface area contributed by atoms with Gasteiger partial charge in [0.05, 0.1) is 11.9 Å². The first-order chi connectivity index (χ1) is 4.75. The van der Waals surface area contributed by atoms with Crippen LogP contribution < -0.4 is 5.73 Å².